The highest BCUT2D eigenvalue weighted by atomic mass is 19.1. The highest BCUT2D eigenvalue weighted by Gasteiger charge is 2.43. The van der Waals surface area contributed by atoms with E-state index in [1.165, 1.54) is 0 Å². The summed E-state index contributed by atoms with van der Waals surface area (Å²) in [6.07, 6.45) is 2.89. The molecular formula is C19H18FN3O2. The highest BCUT2D eigenvalue weighted by Crippen LogP contribution is 2.34. The average Bonchev–Trinajstić information content (AvgIpc) is 3.20. The number of fused-ring (bicyclic) bond motifs is 1. The van der Waals surface area contributed by atoms with Gasteiger partial charge in [0.15, 0.2) is 5.82 Å². The zero-order chi connectivity index (χ0) is 17.6. The number of nitrogens with one attached hydrogen (secondary N) is 1. The molecule has 5 nitrogen and oxygen atoms in total. The Morgan fingerprint density at radius 1 is 1.36 bits per heavy atom. The lowest BCUT2D eigenvalue weighted by molar-refractivity contribution is -0.117. The van der Waals surface area contributed by atoms with Crippen molar-refractivity contribution in [1.29, 1.82) is 0 Å². The van der Waals surface area contributed by atoms with Crippen molar-refractivity contribution in [3.05, 3.63) is 53.9 Å². The van der Waals surface area contributed by atoms with Gasteiger partial charge in [-0.2, -0.15) is 0 Å². The Morgan fingerprint density at radius 3 is 2.88 bits per heavy atom. The number of amides is 1. The molecule has 0 saturated heterocycles. The third-order valence-corrected chi connectivity index (χ3v) is 4.57. The number of anilines is 1. The number of hydrogen-bond acceptors (Lipinski definition) is 3. The van der Waals surface area contributed by atoms with Gasteiger partial charge in [-0.3, -0.25) is 4.79 Å². The molecule has 128 valence electrons. The summed E-state index contributed by atoms with van der Waals surface area (Å²) in [4.78, 5) is 16.2. The van der Waals surface area contributed by atoms with Crippen LogP contribution in [-0.4, -0.2) is 26.6 Å². The van der Waals surface area contributed by atoms with Crippen molar-refractivity contribution in [1.82, 2.24) is 9.38 Å². The van der Waals surface area contributed by atoms with Gasteiger partial charge in [0.05, 0.1) is 18.7 Å². The van der Waals surface area contributed by atoms with Crippen LogP contribution >= 0.6 is 0 Å². The van der Waals surface area contributed by atoms with Crippen molar-refractivity contribution in [2.24, 2.45) is 5.92 Å². The molecule has 0 bridgehead atoms. The maximum atomic E-state index is 13.0. The van der Waals surface area contributed by atoms with Gasteiger partial charge in [-0.15, -0.1) is 0 Å². The maximum Gasteiger partial charge on any atom is 0.231 e. The van der Waals surface area contributed by atoms with Crippen LogP contribution in [0.2, 0.25) is 0 Å². The largest absolute Gasteiger partial charge is 0.392 e. The molecule has 3 aromatic rings. The SMILES string of the molecule is Cc1cccc(CO)c1-c1ccc2nc(NC(=O)C3CC3F)cn2c1. The first kappa shape index (κ1) is 15.8. The number of aromatic nitrogens is 2. The number of carbonyl (C=O) groups excluding carboxylic acids is 1. The van der Waals surface area contributed by atoms with Crippen LogP contribution in [0, 0.1) is 12.8 Å². The standard InChI is InChI=1S/C19H18FN3O2/c1-11-3-2-4-13(10-24)18(11)12-5-6-17-21-16(9-23(17)8-12)22-19(25)14-7-15(14)20/h2-6,8-9,14-15,24H,7,10H2,1H3,(H,22,25). The van der Waals surface area contributed by atoms with Gasteiger partial charge in [0, 0.05) is 6.20 Å². The van der Waals surface area contributed by atoms with E-state index < -0.39 is 12.1 Å². The van der Waals surface area contributed by atoms with Crippen molar-refractivity contribution in [3.63, 3.8) is 0 Å². The van der Waals surface area contributed by atoms with Crippen molar-refractivity contribution in [2.45, 2.75) is 26.1 Å². The van der Waals surface area contributed by atoms with Gasteiger partial charge in [0.1, 0.15) is 11.8 Å². The van der Waals surface area contributed by atoms with E-state index in [0.717, 1.165) is 22.3 Å². The number of carbonyl (C=O) groups is 1. The zero-order valence-corrected chi connectivity index (χ0v) is 13.7. The number of pyridine rings is 1. The molecule has 2 heterocycles. The normalized spacial score (nSPS) is 19.2. The second-order valence-electron chi connectivity index (χ2n) is 6.42. The molecule has 1 saturated carbocycles. The fourth-order valence-corrected chi connectivity index (χ4v) is 3.13. The number of rotatable bonds is 4. The molecule has 25 heavy (non-hydrogen) atoms. The molecule has 0 radical (unpaired) electrons. The molecule has 0 spiro atoms. The maximum absolute atomic E-state index is 13.0. The molecule has 1 aliphatic carbocycles. The van der Waals surface area contributed by atoms with E-state index in [4.69, 9.17) is 0 Å². The van der Waals surface area contributed by atoms with Crippen molar-refractivity contribution >= 4 is 17.4 Å². The minimum atomic E-state index is -1.03. The van der Waals surface area contributed by atoms with Gasteiger partial charge in [-0.25, -0.2) is 9.37 Å². The van der Waals surface area contributed by atoms with Crippen LogP contribution in [0.3, 0.4) is 0 Å². The van der Waals surface area contributed by atoms with E-state index in [1.54, 1.807) is 6.20 Å². The summed E-state index contributed by atoms with van der Waals surface area (Å²) in [5, 5.41) is 12.3. The van der Waals surface area contributed by atoms with E-state index in [0.29, 0.717) is 17.9 Å². The van der Waals surface area contributed by atoms with Gasteiger partial charge in [-0.1, -0.05) is 18.2 Å². The Kier molecular flexibility index (Phi) is 3.77. The van der Waals surface area contributed by atoms with Crippen molar-refractivity contribution in [2.75, 3.05) is 5.32 Å². The molecule has 1 amide bonds. The lowest BCUT2D eigenvalue weighted by atomic mass is 9.96. The number of hydrogen-bond donors (Lipinski definition) is 2. The minimum absolute atomic E-state index is 0.0356. The Hall–Kier alpha value is -2.73. The average molecular weight is 339 g/mol. The van der Waals surface area contributed by atoms with Crippen LogP contribution in [0.25, 0.3) is 16.8 Å². The minimum Gasteiger partial charge on any atom is -0.392 e. The number of nitrogens with zero attached hydrogens (tertiary/aromatic N) is 2. The number of alkyl halides is 1. The van der Waals surface area contributed by atoms with Crippen molar-refractivity contribution < 1.29 is 14.3 Å². The van der Waals surface area contributed by atoms with Gasteiger partial charge in [-0.05, 0) is 47.7 Å². The summed E-state index contributed by atoms with van der Waals surface area (Å²) < 4.78 is 14.8. The Balaban J connectivity index is 1.68. The lowest BCUT2D eigenvalue weighted by Gasteiger charge is -2.11. The molecule has 1 aromatic carbocycles. The van der Waals surface area contributed by atoms with E-state index in [2.05, 4.69) is 10.3 Å². The summed E-state index contributed by atoms with van der Waals surface area (Å²) in [6, 6.07) is 9.61. The molecule has 4 rings (SSSR count). The Bertz CT molecular complexity index is 966. The quantitative estimate of drug-likeness (QED) is 0.767. The van der Waals surface area contributed by atoms with Gasteiger partial charge >= 0.3 is 0 Å². The number of aliphatic hydroxyl groups excluding tert-OH is 1. The van der Waals surface area contributed by atoms with Crippen LogP contribution in [-0.2, 0) is 11.4 Å². The van der Waals surface area contributed by atoms with Crippen molar-refractivity contribution in [3.8, 4) is 11.1 Å². The second kappa shape index (κ2) is 5.97. The van der Waals surface area contributed by atoms with Crippen LogP contribution < -0.4 is 5.32 Å². The monoisotopic (exact) mass is 339 g/mol. The zero-order valence-electron chi connectivity index (χ0n) is 13.7. The molecule has 2 atom stereocenters. The second-order valence-corrected chi connectivity index (χ2v) is 6.42. The Labute approximate surface area is 144 Å². The van der Waals surface area contributed by atoms with Crippen LogP contribution in [0.15, 0.2) is 42.7 Å². The van der Waals surface area contributed by atoms with Crippen LogP contribution in [0.1, 0.15) is 17.5 Å². The molecule has 1 aliphatic rings. The predicted molar refractivity (Wildman–Crippen MR) is 92.9 cm³/mol. The lowest BCUT2D eigenvalue weighted by Crippen LogP contribution is -2.15. The molecule has 6 heteroatoms. The van der Waals surface area contributed by atoms with Gasteiger partial charge in [0.2, 0.25) is 5.91 Å². The number of aryl methyl sites for hydroxylation is 1. The molecular weight excluding hydrogens is 321 g/mol. The number of halogens is 1. The van der Waals surface area contributed by atoms with Crippen LogP contribution in [0.4, 0.5) is 10.2 Å². The third kappa shape index (κ3) is 2.89. The molecule has 1 fully saturated rings. The predicted octanol–water partition coefficient (Wildman–Crippen LogP) is 3.10. The fourth-order valence-electron chi connectivity index (χ4n) is 3.13. The first-order valence-electron chi connectivity index (χ1n) is 8.20. The number of imidazole rings is 1. The molecule has 2 aromatic heterocycles. The smallest absolute Gasteiger partial charge is 0.231 e. The molecule has 0 aliphatic heterocycles. The first-order valence-corrected chi connectivity index (χ1v) is 8.20. The number of aliphatic hydroxyl groups is 1. The first-order chi connectivity index (χ1) is 12.1. The summed E-state index contributed by atoms with van der Waals surface area (Å²) >= 11 is 0. The summed E-state index contributed by atoms with van der Waals surface area (Å²) in [5.74, 6) is -0.453. The van der Waals surface area contributed by atoms with E-state index in [9.17, 15) is 14.3 Å². The topological polar surface area (TPSA) is 66.6 Å². The fraction of sp³-hybridized carbons (Fsp3) is 0.263. The van der Waals surface area contributed by atoms with E-state index in [1.807, 2.05) is 47.9 Å². The summed E-state index contributed by atoms with van der Waals surface area (Å²) in [5.41, 5.74) is 4.56. The molecule has 2 N–H and O–H groups in total. The summed E-state index contributed by atoms with van der Waals surface area (Å²) in [6.45, 7) is 1.97. The van der Waals surface area contributed by atoms with E-state index >= 15 is 0 Å². The van der Waals surface area contributed by atoms with Gasteiger partial charge < -0.3 is 14.8 Å². The highest BCUT2D eigenvalue weighted by molar-refractivity contribution is 5.94. The summed E-state index contributed by atoms with van der Waals surface area (Å²) in [7, 11) is 0. The van der Waals surface area contributed by atoms with Gasteiger partial charge in [0.25, 0.3) is 0 Å². The molecule has 2 unspecified atom stereocenters. The Morgan fingerprint density at radius 2 is 2.16 bits per heavy atom. The van der Waals surface area contributed by atoms with E-state index in [-0.39, 0.29) is 12.5 Å². The third-order valence-electron chi connectivity index (χ3n) is 4.57. The number of benzene rings is 1. The van der Waals surface area contributed by atoms with Crippen LogP contribution in [0.5, 0.6) is 0 Å².